The molecule has 0 aromatic heterocycles. The minimum absolute atomic E-state index is 0.111. The molecule has 9 heteroatoms. The molecule has 1 aliphatic rings. The van der Waals surface area contributed by atoms with Crippen molar-refractivity contribution in [1.29, 1.82) is 0 Å². The molecule has 1 aromatic carbocycles. The zero-order chi connectivity index (χ0) is 18.6. The van der Waals surface area contributed by atoms with Crippen LogP contribution in [0.25, 0.3) is 0 Å². The molecule has 25 heavy (non-hydrogen) atoms. The van der Waals surface area contributed by atoms with E-state index in [0.29, 0.717) is 5.56 Å². The van der Waals surface area contributed by atoms with Crippen LogP contribution in [0.5, 0.6) is 0 Å². The van der Waals surface area contributed by atoms with Crippen LogP contribution in [0.15, 0.2) is 24.3 Å². The Morgan fingerprint density at radius 1 is 1.32 bits per heavy atom. The van der Waals surface area contributed by atoms with Gasteiger partial charge in [-0.1, -0.05) is 12.1 Å². The number of hydrogen-bond donors (Lipinski definition) is 3. The van der Waals surface area contributed by atoms with E-state index in [1.807, 2.05) is 0 Å². The van der Waals surface area contributed by atoms with Gasteiger partial charge < -0.3 is 20.1 Å². The van der Waals surface area contributed by atoms with Crippen LogP contribution in [0, 0.1) is 0 Å². The topological polar surface area (TPSA) is 125 Å². The molecule has 1 aliphatic heterocycles. The molecule has 0 saturated carbocycles. The summed E-state index contributed by atoms with van der Waals surface area (Å²) in [5.74, 6) is -2.17. The monoisotopic (exact) mass is 349 g/mol. The Labute approximate surface area is 143 Å². The number of nitrogens with one attached hydrogen (secondary N) is 2. The lowest BCUT2D eigenvalue weighted by Gasteiger charge is -2.23. The molecule has 1 atom stereocenters. The fourth-order valence-corrected chi connectivity index (χ4v) is 2.51. The molecule has 134 valence electrons. The summed E-state index contributed by atoms with van der Waals surface area (Å²) in [6, 6.07) is 5.55. The van der Waals surface area contributed by atoms with Crippen LogP contribution in [0.4, 0.5) is 4.79 Å². The second-order valence-corrected chi connectivity index (χ2v) is 5.73. The average molecular weight is 349 g/mol. The summed E-state index contributed by atoms with van der Waals surface area (Å²) in [5.41, 5.74) is -0.661. The summed E-state index contributed by atoms with van der Waals surface area (Å²) >= 11 is 0. The van der Waals surface area contributed by atoms with Crippen LogP contribution in [0.2, 0.25) is 0 Å². The Hall–Kier alpha value is -2.94. The molecule has 2 rings (SSSR count). The number of methoxy groups -OCH3 is 1. The number of benzene rings is 1. The Bertz CT molecular complexity index is 720. The summed E-state index contributed by atoms with van der Waals surface area (Å²) < 4.78 is 4.90. The number of hydrogen-bond acceptors (Lipinski definition) is 5. The van der Waals surface area contributed by atoms with Crippen molar-refractivity contribution in [3.8, 4) is 0 Å². The van der Waals surface area contributed by atoms with Crippen molar-refractivity contribution >= 4 is 23.8 Å². The van der Waals surface area contributed by atoms with E-state index in [-0.39, 0.29) is 18.7 Å². The van der Waals surface area contributed by atoms with E-state index in [2.05, 4.69) is 10.6 Å². The maximum absolute atomic E-state index is 12.6. The van der Waals surface area contributed by atoms with E-state index in [4.69, 9.17) is 9.84 Å². The Kier molecular flexibility index (Phi) is 5.38. The lowest BCUT2D eigenvalue weighted by molar-refractivity contribution is -0.137. The first-order valence-corrected chi connectivity index (χ1v) is 7.52. The van der Waals surface area contributed by atoms with Crippen LogP contribution >= 0.6 is 0 Å². The second-order valence-electron chi connectivity index (χ2n) is 5.73. The molecule has 1 unspecified atom stereocenters. The Balaban J connectivity index is 2.30. The van der Waals surface area contributed by atoms with Crippen molar-refractivity contribution in [3.05, 3.63) is 35.4 Å². The number of carboxylic acids is 1. The molecule has 3 N–H and O–H groups in total. The fourth-order valence-electron chi connectivity index (χ4n) is 2.51. The van der Waals surface area contributed by atoms with E-state index in [1.54, 1.807) is 12.1 Å². The number of carbonyl (C=O) groups is 4. The predicted molar refractivity (Wildman–Crippen MR) is 85.9 cm³/mol. The van der Waals surface area contributed by atoms with E-state index < -0.39 is 35.9 Å². The Morgan fingerprint density at radius 2 is 2.04 bits per heavy atom. The van der Waals surface area contributed by atoms with E-state index in [1.165, 1.54) is 26.2 Å². The van der Waals surface area contributed by atoms with Crippen LogP contribution in [0.1, 0.15) is 22.8 Å². The van der Waals surface area contributed by atoms with Gasteiger partial charge >= 0.3 is 12.0 Å². The van der Waals surface area contributed by atoms with Crippen LogP contribution in [0.3, 0.4) is 0 Å². The van der Waals surface area contributed by atoms with Crippen molar-refractivity contribution in [2.45, 2.75) is 12.5 Å². The molecular formula is C16H19N3O6. The van der Waals surface area contributed by atoms with Crippen LogP contribution in [-0.4, -0.2) is 60.6 Å². The summed E-state index contributed by atoms with van der Waals surface area (Å²) in [5, 5.41) is 13.6. The smallest absolute Gasteiger partial charge is 0.323 e. The van der Waals surface area contributed by atoms with Crippen molar-refractivity contribution in [1.82, 2.24) is 15.5 Å². The summed E-state index contributed by atoms with van der Waals surface area (Å²) in [7, 11) is 1.45. The highest BCUT2D eigenvalue weighted by atomic mass is 16.5. The summed E-state index contributed by atoms with van der Waals surface area (Å²) in [6.45, 7) is 1.35. The Morgan fingerprint density at radius 3 is 2.60 bits per heavy atom. The minimum atomic E-state index is -1.29. The molecule has 1 saturated heterocycles. The molecule has 1 aromatic rings. The molecule has 0 spiro atoms. The third-order valence-electron chi connectivity index (χ3n) is 3.91. The molecule has 1 heterocycles. The number of ether oxygens (including phenoxy) is 1. The van der Waals surface area contributed by atoms with Gasteiger partial charge in [-0.2, -0.15) is 0 Å². The van der Waals surface area contributed by atoms with Crippen LogP contribution in [-0.2, 0) is 19.9 Å². The average Bonchev–Trinajstić information content (AvgIpc) is 2.84. The molecule has 9 nitrogen and oxygen atoms in total. The predicted octanol–water partition coefficient (Wildman–Crippen LogP) is -0.0856. The van der Waals surface area contributed by atoms with Crippen molar-refractivity contribution < 1.29 is 29.0 Å². The number of urea groups is 1. The van der Waals surface area contributed by atoms with Gasteiger partial charge in [-0.25, -0.2) is 4.79 Å². The SMILES string of the molecule is COCCN(CC(=O)O)C(=O)c1cccc(C2(C)NC(=O)NC2=O)c1. The number of imide groups is 1. The number of nitrogens with zero attached hydrogens (tertiary/aromatic N) is 1. The molecular weight excluding hydrogens is 330 g/mol. The first kappa shape index (κ1) is 18.4. The van der Waals surface area contributed by atoms with Crippen molar-refractivity contribution in [3.63, 3.8) is 0 Å². The lowest BCUT2D eigenvalue weighted by Crippen LogP contribution is -2.41. The van der Waals surface area contributed by atoms with E-state index in [0.717, 1.165) is 4.90 Å². The summed E-state index contributed by atoms with van der Waals surface area (Å²) in [6.07, 6.45) is 0. The lowest BCUT2D eigenvalue weighted by atomic mass is 9.91. The number of aliphatic carboxylic acids is 1. The highest BCUT2D eigenvalue weighted by Crippen LogP contribution is 2.25. The first-order valence-electron chi connectivity index (χ1n) is 7.52. The molecule has 0 radical (unpaired) electrons. The number of carbonyl (C=O) groups excluding carboxylic acids is 3. The fraction of sp³-hybridized carbons (Fsp3) is 0.375. The number of amides is 4. The van der Waals surface area contributed by atoms with Gasteiger partial charge in [0.15, 0.2) is 0 Å². The highest BCUT2D eigenvalue weighted by molar-refractivity contribution is 6.07. The van der Waals surface area contributed by atoms with Gasteiger partial charge in [0.2, 0.25) is 0 Å². The standard InChI is InChI=1S/C16H19N3O6/c1-16(14(23)17-15(24)18-16)11-5-3-4-10(8-11)13(22)19(6-7-25-2)9-12(20)21/h3-5,8H,6-7,9H2,1-2H3,(H,20,21)(H2,17,18,23,24). The zero-order valence-corrected chi connectivity index (χ0v) is 13.9. The maximum Gasteiger partial charge on any atom is 0.323 e. The third kappa shape index (κ3) is 3.94. The third-order valence-corrected chi connectivity index (χ3v) is 3.91. The molecule has 0 bridgehead atoms. The van der Waals surface area contributed by atoms with Gasteiger partial charge in [0.25, 0.3) is 11.8 Å². The largest absolute Gasteiger partial charge is 0.480 e. The van der Waals surface area contributed by atoms with Gasteiger partial charge in [0.05, 0.1) is 6.61 Å². The zero-order valence-electron chi connectivity index (χ0n) is 13.9. The van der Waals surface area contributed by atoms with E-state index in [9.17, 15) is 19.2 Å². The minimum Gasteiger partial charge on any atom is -0.480 e. The number of rotatable bonds is 7. The second kappa shape index (κ2) is 7.31. The van der Waals surface area contributed by atoms with Crippen LogP contribution < -0.4 is 10.6 Å². The normalized spacial score (nSPS) is 19.3. The number of carboxylic acid groups (broad SMARTS) is 1. The van der Waals surface area contributed by atoms with Crippen molar-refractivity contribution in [2.75, 3.05) is 26.8 Å². The van der Waals surface area contributed by atoms with Crippen molar-refractivity contribution in [2.24, 2.45) is 0 Å². The summed E-state index contributed by atoms with van der Waals surface area (Å²) in [4.78, 5) is 48.2. The molecule has 1 fully saturated rings. The van der Waals surface area contributed by atoms with Gasteiger partial charge in [-0.05, 0) is 24.6 Å². The highest BCUT2D eigenvalue weighted by Gasteiger charge is 2.43. The molecule has 0 aliphatic carbocycles. The van der Waals surface area contributed by atoms with Gasteiger partial charge in [-0.3, -0.25) is 19.7 Å². The van der Waals surface area contributed by atoms with E-state index >= 15 is 0 Å². The first-order chi connectivity index (χ1) is 11.8. The van der Waals surface area contributed by atoms with Gasteiger partial charge in [0.1, 0.15) is 12.1 Å². The van der Waals surface area contributed by atoms with Gasteiger partial charge in [0, 0.05) is 19.2 Å². The maximum atomic E-state index is 12.6. The van der Waals surface area contributed by atoms with Gasteiger partial charge in [-0.15, -0.1) is 0 Å². The molecule has 4 amide bonds. The quantitative estimate of drug-likeness (QED) is 0.591.